The summed E-state index contributed by atoms with van der Waals surface area (Å²) in [6.07, 6.45) is -4.37. The Balaban J connectivity index is 1.65. The van der Waals surface area contributed by atoms with Gasteiger partial charge in [-0.05, 0) is 42.8 Å². The molecule has 0 aliphatic carbocycles. The van der Waals surface area contributed by atoms with Crippen LogP contribution in [0.15, 0.2) is 95.0 Å². The van der Waals surface area contributed by atoms with Crippen LogP contribution in [0.5, 0.6) is 0 Å². The van der Waals surface area contributed by atoms with Crippen molar-refractivity contribution in [1.82, 2.24) is 14.8 Å². The number of thioether (sulfide) groups is 1. The van der Waals surface area contributed by atoms with Crippen LogP contribution in [0.25, 0.3) is 5.69 Å². The standard InChI is InChI=1S/C26H23F3N4O3S2/c1-2-22(24(34)30-21-16-10-9-15-20(21)26(27,28)29)37-25-32-31-23(33(25)18-11-5-3-6-12-18)17-38(35,36)19-13-7-4-8-14-19/h3-16,22H,2,17H2,1H3,(H,30,34). The molecular weight excluding hydrogens is 537 g/mol. The van der Waals surface area contributed by atoms with E-state index in [4.69, 9.17) is 0 Å². The molecule has 38 heavy (non-hydrogen) atoms. The van der Waals surface area contributed by atoms with Gasteiger partial charge in [0.25, 0.3) is 0 Å². The number of amides is 1. The zero-order valence-electron chi connectivity index (χ0n) is 20.1. The van der Waals surface area contributed by atoms with Gasteiger partial charge in [-0.15, -0.1) is 10.2 Å². The Hall–Kier alpha value is -3.64. The fourth-order valence-electron chi connectivity index (χ4n) is 3.69. The summed E-state index contributed by atoms with van der Waals surface area (Å²) >= 11 is 0.995. The number of carbonyl (C=O) groups is 1. The van der Waals surface area contributed by atoms with Gasteiger partial charge < -0.3 is 5.32 Å². The lowest BCUT2D eigenvalue weighted by Gasteiger charge is -2.18. The Morgan fingerprint density at radius 2 is 1.55 bits per heavy atom. The van der Waals surface area contributed by atoms with Crippen LogP contribution in [0.1, 0.15) is 24.7 Å². The second kappa shape index (κ2) is 11.4. The van der Waals surface area contributed by atoms with Gasteiger partial charge in [0.15, 0.2) is 20.8 Å². The summed E-state index contributed by atoms with van der Waals surface area (Å²) in [5, 5.41) is 10.1. The lowest BCUT2D eigenvalue weighted by Crippen LogP contribution is -2.26. The van der Waals surface area contributed by atoms with Crippen molar-refractivity contribution < 1.29 is 26.4 Å². The average Bonchev–Trinajstić information content (AvgIpc) is 3.29. The highest BCUT2D eigenvalue weighted by Gasteiger charge is 2.34. The maximum Gasteiger partial charge on any atom is 0.418 e. The largest absolute Gasteiger partial charge is 0.418 e. The van der Waals surface area contributed by atoms with Gasteiger partial charge in [-0.2, -0.15) is 13.2 Å². The minimum absolute atomic E-state index is 0.131. The zero-order valence-corrected chi connectivity index (χ0v) is 21.7. The Morgan fingerprint density at radius 1 is 0.947 bits per heavy atom. The molecule has 1 heterocycles. The number of hydrogen-bond acceptors (Lipinski definition) is 6. The van der Waals surface area contributed by atoms with E-state index in [1.165, 1.54) is 30.3 Å². The minimum atomic E-state index is -4.63. The maximum atomic E-state index is 13.4. The van der Waals surface area contributed by atoms with Crippen LogP contribution in [0.3, 0.4) is 0 Å². The molecule has 0 saturated heterocycles. The van der Waals surface area contributed by atoms with Crippen molar-refractivity contribution >= 4 is 33.2 Å². The smallest absolute Gasteiger partial charge is 0.325 e. The summed E-state index contributed by atoms with van der Waals surface area (Å²) in [5.41, 5.74) is -0.715. The molecule has 4 aromatic rings. The number of aromatic nitrogens is 3. The van der Waals surface area contributed by atoms with Crippen LogP contribution in [0.2, 0.25) is 0 Å². The number of rotatable bonds is 9. The van der Waals surface area contributed by atoms with E-state index in [0.717, 1.165) is 17.8 Å². The highest BCUT2D eigenvalue weighted by molar-refractivity contribution is 8.00. The molecule has 1 atom stereocenters. The van der Waals surface area contributed by atoms with Crippen molar-refractivity contribution in [2.24, 2.45) is 0 Å². The molecule has 0 radical (unpaired) electrons. The zero-order chi connectivity index (χ0) is 27.3. The predicted octanol–water partition coefficient (Wildman–Crippen LogP) is 5.77. The maximum absolute atomic E-state index is 13.4. The first kappa shape index (κ1) is 27.4. The van der Waals surface area contributed by atoms with E-state index in [-0.39, 0.29) is 28.0 Å². The SMILES string of the molecule is CCC(Sc1nnc(CS(=O)(=O)c2ccccc2)n1-c1ccccc1)C(=O)Nc1ccccc1C(F)(F)F. The van der Waals surface area contributed by atoms with Crippen LogP contribution in [-0.4, -0.2) is 34.3 Å². The molecule has 1 unspecified atom stereocenters. The highest BCUT2D eigenvalue weighted by atomic mass is 32.2. The number of nitrogens with zero attached hydrogens (tertiary/aromatic N) is 3. The van der Waals surface area contributed by atoms with E-state index in [1.54, 1.807) is 60.0 Å². The molecule has 4 rings (SSSR count). The van der Waals surface area contributed by atoms with E-state index in [1.807, 2.05) is 0 Å². The molecule has 0 spiro atoms. The summed E-state index contributed by atoms with van der Waals surface area (Å²) in [5.74, 6) is -0.947. The van der Waals surface area contributed by atoms with Gasteiger partial charge in [-0.3, -0.25) is 9.36 Å². The topological polar surface area (TPSA) is 93.9 Å². The van der Waals surface area contributed by atoms with Crippen molar-refractivity contribution in [3.05, 3.63) is 96.3 Å². The van der Waals surface area contributed by atoms with Crippen molar-refractivity contribution in [1.29, 1.82) is 0 Å². The summed E-state index contributed by atoms with van der Waals surface area (Å²) in [7, 11) is -3.76. The van der Waals surface area contributed by atoms with Gasteiger partial charge >= 0.3 is 6.18 Å². The van der Waals surface area contributed by atoms with E-state index in [2.05, 4.69) is 15.5 Å². The van der Waals surface area contributed by atoms with Gasteiger partial charge in [0.1, 0.15) is 5.75 Å². The number of para-hydroxylation sites is 2. The van der Waals surface area contributed by atoms with Crippen molar-refractivity contribution in [2.45, 2.75) is 40.6 Å². The van der Waals surface area contributed by atoms with Crippen LogP contribution in [0, 0.1) is 0 Å². The van der Waals surface area contributed by atoms with Crippen LogP contribution < -0.4 is 5.32 Å². The van der Waals surface area contributed by atoms with Crippen molar-refractivity contribution in [3.63, 3.8) is 0 Å². The lowest BCUT2D eigenvalue weighted by atomic mass is 10.1. The van der Waals surface area contributed by atoms with Gasteiger partial charge in [0, 0.05) is 5.69 Å². The third kappa shape index (κ3) is 6.25. The van der Waals surface area contributed by atoms with Crippen molar-refractivity contribution in [2.75, 3.05) is 5.32 Å². The molecule has 0 bridgehead atoms. The molecule has 0 fully saturated rings. The molecular formula is C26H23F3N4O3S2. The fraction of sp³-hybridized carbons (Fsp3) is 0.192. The number of nitrogens with one attached hydrogen (secondary N) is 1. The number of benzene rings is 3. The number of sulfone groups is 1. The molecule has 3 aromatic carbocycles. The number of halogens is 3. The quantitative estimate of drug-likeness (QED) is 0.261. The molecule has 7 nitrogen and oxygen atoms in total. The number of carbonyl (C=O) groups excluding carboxylic acids is 1. The number of alkyl halides is 3. The van der Waals surface area contributed by atoms with E-state index < -0.39 is 38.5 Å². The summed E-state index contributed by atoms with van der Waals surface area (Å²) in [6, 6.07) is 21.5. The van der Waals surface area contributed by atoms with E-state index >= 15 is 0 Å². The first-order valence-electron chi connectivity index (χ1n) is 11.5. The van der Waals surface area contributed by atoms with Gasteiger partial charge in [-0.25, -0.2) is 8.42 Å². The molecule has 1 N–H and O–H groups in total. The van der Waals surface area contributed by atoms with Gasteiger partial charge in [0.2, 0.25) is 5.91 Å². The second-order valence-corrected chi connectivity index (χ2v) is 11.3. The van der Waals surface area contributed by atoms with Crippen LogP contribution >= 0.6 is 11.8 Å². The predicted molar refractivity (Wildman–Crippen MR) is 139 cm³/mol. The van der Waals surface area contributed by atoms with Crippen LogP contribution in [0.4, 0.5) is 18.9 Å². The Bertz CT molecular complexity index is 1510. The Morgan fingerprint density at radius 3 is 2.18 bits per heavy atom. The van der Waals surface area contributed by atoms with Gasteiger partial charge in [0.05, 0.1) is 21.4 Å². The van der Waals surface area contributed by atoms with Crippen LogP contribution in [-0.2, 0) is 26.6 Å². The average molecular weight is 561 g/mol. The Kier molecular flexibility index (Phi) is 8.22. The third-order valence-corrected chi connectivity index (χ3v) is 8.47. The molecule has 1 aromatic heterocycles. The second-order valence-electron chi connectivity index (χ2n) is 8.19. The summed E-state index contributed by atoms with van der Waals surface area (Å²) < 4.78 is 67.9. The lowest BCUT2D eigenvalue weighted by molar-refractivity contribution is -0.137. The van der Waals surface area contributed by atoms with Crippen molar-refractivity contribution in [3.8, 4) is 5.69 Å². The summed E-state index contributed by atoms with van der Waals surface area (Å²) in [4.78, 5) is 13.2. The monoisotopic (exact) mass is 560 g/mol. The summed E-state index contributed by atoms with van der Waals surface area (Å²) in [6.45, 7) is 1.72. The van der Waals surface area contributed by atoms with Gasteiger partial charge in [-0.1, -0.05) is 67.2 Å². The molecule has 0 aliphatic rings. The Labute approximate surface area is 222 Å². The number of anilines is 1. The minimum Gasteiger partial charge on any atom is -0.325 e. The molecule has 12 heteroatoms. The van der Waals surface area contributed by atoms with E-state index in [9.17, 15) is 26.4 Å². The molecule has 0 saturated carbocycles. The fourth-order valence-corrected chi connectivity index (χ4v) is 5.95. The molecule has 198 valence electrons. The first-order valence-corrected chi connectivity index (χ1v) is 14.0. The normalized spacial score (nSPS) is 12.7. The first-order chi connectivity index (χ1) is 18.1. The third-order valence-electron chi connectivity index (χ3n) is 5.54. The number of hydrogen-bond donors (Lipinski definition) is 1. The molecule has 0 aliphatic heterocycles. The molecule has 1 amide bonds. The highest BCUT2D eigenvalue weighted by Crippen LogP contribution is 2.35. The van der Waals surface area contributed by atoms with E-state index in [0.29, 0.717) is 5.69 Å².